The average Bonchev–Trinajstić information content (AvgIpc) is 2.68. The van der Waals surface area contributed by atoms with Crippen molar-refractivity contribution in [3.63, 3.8) is 0 Å². The van der Waals surface area contributed by atoms with Gasteiger partial charge in [0.05, 0.1) is 4.92 Å². The Morgan fingerprint density at radius 3 is 2.82 bits per heavy atom. The summed E-state index contributed by atoms with van der Waals surface area (Å²) in [5.74, 6) is 0.133. The number of non-ortho nitro benzene ring substituents is 1. The predicted molar refractivity (Wildman–Crippen MR) is 63.9 cm³/mol. The second kappa shape index (κ2) is 4.37. The number of ketones is 1. The molecular formula is C12H12N2O3. The Bertz CT molecular complexity index is 586. The Labute approximate surface area is 97.8 Å². The van der Waals surface area contributed by atoms with Gasteiger partial charge in [-0.2, -0.15) is 0 Å². The van der Waals surface area contributed by atoms with Gasteiger partial charge in [0.2, 0.25) is 0 Å². The first-order valence-corrected chi connectivity index (χ1v) is 5.30. The first kappa shape index (κ1) is 11.3. The van der Waals surface area contributed by atoms with Crippen LogP contribution in [-0.2, 0) is 11.3 Å². The second-order valence-corrected chi connectivity index (χ2v) is 3.96. The maximum absolute atomic E-state index is 10.9. The maximum Gasteiger partial charge on any atom is 0.270 e. The van der Waals surface area contributed by atoms with Crippen LogP contribution in [-0.4, -0.2) is 15.3 Å². The van der Waals surface area contributed by atoms with Crippen molar-refractivity contribution in [1.29, 1.82) is 0 Å². The number of fused-ring (bicyclic) bond motifs is 1. The molecule has 5 nitrogen and oxygen atoms in total. The van der Waals surface area contributed by atoms with Crippen molar-refractivity contribution in [3.8, 4) is 0 Å². The summed E-state index contributed by atoms with van der Waals surface area (Å²) in [6.07, 6.45) is 2.32. The van der Waals surface area contributed by atoms with Gasteiger partial charge in [-0.15, -0.1) is 0 Å². The van der Waals surface area contributed by atoms with Crippen LogP contribution in [0.5, 0.6) is 0 Å². The third-order valence-electron chi connectivity index (χ3n) is 2.67. The predicted octanol–water partition coefficient (Wildman–Crippen LogP) is 2.53. The van der Waals surface area contributed by atoms with Crippen molar-refractivity contribution < 1.29 is 9.72 Å². The van der Waals surface area contributed by atoms with Gasteiger partial charge in [0.1, 0.15) is 5.78 Å². The molecule has 2 rings (SSSR count). The molecule has 1 heterocycles. The molecule has 88 valence electrons. The van der Waals surface area contributed by atoms with Gasteiger partial charge in [-0.3, -0.25) is 14.9 Å². The number of hydrogen-bond donors (Lipinski definition) is 0. The number of nitro groups is 1. The topological polar surface area (TPSA) is 65.1 Å². The third-order valence-corrected chi connectivity index (χ3v) is 2.67. The number of benzene rings is 1. The highest BCUT2D eigenvalue weighted by Gasteiger charge is 2.08. The monoisotopic (exact) mass is 232 g/mol. The van der Waals surface area contributed by atoms with Gasteiger partial charge in [-0.25, -0.2) is 0 Å². The first-order chi connectivity index (χ1) is 8.08. The quantitative estimate of drug-likeness (QED) is 0.601. The van der Waals surface area contributed by atoms with Crippen LogP contribution in [0, 0.1) is 10.1 Å². The van der Waals surface area contributed by atoms with E-state index in [0.29, 0.717) is 13.0 Å². The number of nitro benzene ring substituents is 1. The molecule has 0 unspecified atom stereocenters. The number of aromatic nitrogens is 1. The molecule has 0 atom stereocenters. The van der Waals surface area contributed by atoms with E-state index in [1.807, 2.05) is 16.8 Å². The molecule has 0 aliphatic heterocycles. The van der Waals surface area contributed by atoms with E-state index in [9.17, 15) is 14.9 Å². The normalized spacial score (nSPS) is 10.6. The van der Waals surface area contributed by atoms with Crippen LogP contribution in [0.2, 0.25) is 0 Å². The van der Waals surface area contributed by atoms with Gasteiger partial charge in [0.15, 0.2) is 0 Å². The number of nitrogens with zero attached hydrogens (tertiary/aromatic N) is 2. The van der Waals surface area contributed by atoms with Crippen molar-refractivity contribution in [1.82, 2.24) is 4.57 Å². The summed E-state index contributed by atoms with van der Waals surface area (Å²) in [7, 11) is 0. The van der Waals surface area contributed by atoms with Crippen LogP contribution in [0.15, 0.2) is 30.5 Å². The van der Waals surface area contributed by atoms with E-state index in [-0.39, 0.29) is 11.5 Å². The van der Waals surface area contributed by atoms with Gasteiger partial charge in [0.25, 0.3) is 5.69 Å². The highest BCUT2D eigenvalue weighted by molar-refractivity contribution is 5.83. The Kier molecular flexibility index (Phi) is 2.91. The Morgan fingerprint density at radius 1 is 1.41 bits per heavy atom. The lowest BCUT2D eigenvalue weighted by molar-refractivity contribution is -0.384. The Morgan fingerprint density at radius 2 is 2.18 bits per heavy atom. The van der Waals surface area contributed by atoms with Gasteiger partial charge >= 0.3 is 0 Å². The van der Waals surface area contributed by atoms with E-state index in [4.69, 9.17) is 0 Å². The summed E-state index contributed by atoms with van der Waals surface area (Å²) in [4.78, 5) is 21.1. The molecule has 0 radical (unpaired) electrons. The molecule has 17 heavy (non-hydrogen) atoms. The minimum Gasteiger partial charge on any atom is -0.347 e. The molecule has 5 heteroatoms. The zero-order valence-corrected chi connectivity index (χ0v) is 9.42. The molecule has 0 aliphatic carbocycles. The molecule has 0 fully saturated rings. The lowest BCUT2D eigenvalue weighted by Gasteiger charge is -2.03. The van der Waals surface area contributed by atoms with Gasteiger partial charge in [-0.1, -0.05) is 0 Å². The summed E-state index contributed by atoms with van der Waals surface area (Å²) in [6.45, 7) is 2.16. The molecule has 2 aromatic rings. The Balaban J connectivity index is 2.34. The van der Waals surface area contributed by atoms with E-state index in [0.717, 1.165) is 10.9 Å². The molecule has 0 saturated heterocycles. The van der Waals surface area contributed by atoms with E-state index in [1.54, 1.807) is 19.1 Å². The van der Waals surface area contributed by atoms with Crippen LogP contribution in [0.3, 0.4) is 0 Å². The number of aryl methyl sites for hydroxylation is 1. The molecule has 0 N–H and O–H groups in total. The molecule has 0 aliphatic rings. The fraction of sp³-hybridized carbons (Fsp3) is 0.250. The molecule has 0 spiro atoms. The zero-order chi connectivity index (χ0) is 12.4. The van der Waals surface area contributed by atoms with Gasteiger partial charge in [-0.05, 0) is 19.1 Å². The van der Waals surface area contributed by atoms with Crippen molar-refractivity contribution in [2.24, 2.45) is 0 Å². The second-order valence-electron chi connectivity index (χ2n) is 3.96. The summed E-state index contributed by atoms with van der Waals surface area (Å²) in [6, 6.07) is 6.56. The minimum atomic E-state index is -0.410. The van der Waals surface area contributed by atoms with E-state index in [2.05, 4.69) is 0 Å². The molecule has 0 bridgehead atoms. The highest BCUT2D eigenvalue weighted by atomic mass is 16.6. The number of hydrogen-bond acceptors (Lipinski definition) is 3. The largest absolute Gasteiger partial charge is 0.347 e. The fourth-order valence-corrected chi connectivity index (χ4v) is 1.77. The van der Waals surface area contributed by atoms with Crippen LogP contribution in [0.25, 0.3) is 10.9 Å². The van der Waals surface area contributed by atoms with Gasteiger partial charge in [0, 0.05) is 42.2 Å². The van der Waals surface area contributed by atoms with Crippen LogP contribution in [0.4, 0.5) is 5.69 Å². The van der Waals surface area contributed by atoms with E-state index in [1.165, 1.54) is 6.07 Å². The summed E-state index contributed by atoms with van der Waals surface area (Å²) in [5.41, 5.74) is 0.999. The zero-order valence-electron chi connectivity index (χ0n) is 9.42. The van der Waals surface area contributed by atoms with Crippen LogP contribution in [0.1, 0.15) is 13.3 Å². The summed E-state index contributed by atoms with van der Waals surface area (Å²) < 4.78 is 1.93. The van der Waals surface area contributed by atoms with Crippen molar-refractivity contribution in [2.45, 2.75) is 19.9 Å². The standard InChI is InChI=1S/C12H12N2O3/c1-9(15)4-6-13-7-5-10-8-11(14(16)17)2-3-12(10)13/h2-3,5,7-8H,4,6H2,1H3. The number of carbonyl (C=O) groups is 1. The SMILES string of the molecule is CC(=O)CCn1ccc2cc([N+](=O)[O-])ccc21. The molecular weight excluding hydrogens is 220 g/mol. The van der Waals surface area contributed by atoms with Gasteiger partial charge < -0.3 is 4.57 Å². The lowest BCUT2D eigenvalue weighted by Crippen LogP contribution is -2.01. The van der Waals surface area contributed by atoms with E-state index < -0.39 is 4.92 Å². The molecule has 1 aromatic carbocycles. The Hall–Kier alpha value is -2.17. The maximum atomic E-state index is 10.9. The van der Waals surface area contributed by atoms with Crippen molar-refractivity contribution >= 4 is 22.4 Å². The van der Waals surface area contributed by atoms with Crippen LogP contribution < -0.4 is 0 Å². The summed E-state index contributed by atoms with van der Waals surface area (Å²) in [5, 5.41) is 11.4. The number of Topliss-reactive ketones (excluding diaryl/α,β-unsaturated/α-hetero) is 1. The number of rotatable bonds is 4. The van der Waals surface area contributed by atoms with Crippen molar-refractivity contribution in [2.75, 3.05) is 0 Å². The fourth-order valence-electron chi connectivity index (χ4n) is 1.77. The highest BCUT2D eigenvalue weighted by Crippen LogP contribution is 2.22. The lowest BCUT2D eigenvalue weighted by atomic mass is 10.2. The number of carbonyl (C=O) groups excluding carboxylic acids is 1. The molecule has 0 saturated carbocycles. The molecule has 1 aromatic heterocycles. The smallest absolute Gasteiger partial charge is 0.270 e. The summed E-state index contributed by atoms with van der Waals surface area (Å²) >= 11 is 0. The average molecular weight is 232 g/mol. The minimum absolute atomic E-state index is 0.0850. The van der Waals surface area contributed by atoms with Crippen molar-refractivity contribution in [3.05, 3.63) is 40.6 Å². The van der Waals surface area contributed by atoms with Crippen LogP contribution >= 0.6 is 0 Å². The van der Waals surface area contributed by atoms with E-state index >= 15 is 0 Å². The molecule has 0 amide bonds. The third kappa shape index (κ3) is 2.33. The first-order valence-electron chi connectivity index (χ1n) is 5.30.